The third kappa shape index (κ3) is 5.23. The van der Waals surface area contributed by atoms with Crippen LogP contribution in [0.5, 0.6) is 0 Å². The molecule has 0 bridgehead atoms. The number of ether oxygens (including phenoxy) is 1. The standard InChI is InChI=1S/C13H23N3O2/c1-5-8-16-9-6-7-11(16)10-14-15-12(17)18-13(2,3)4/h6-7,9,14H,5,8,10H2,1-4H3,(H,15,17). The predicted molar refractivity (Wildman–Crippen MR) is 70.9 cm³/mol. The Morgan fingerprint density at radius 1 is 1.44 bits per heavy atom. The van der Waals surface area contributed by atoms with Gasteiger partial charge >= 0.3 is 6.09 Å². The molecule has 1 amide bonds. The van der Waals surface area contributed by atoms with Gasteiger partial charge in [-0.25, -0.2) is 10.2 Å². The van der Waals surface area contributed by atoms with E-state index in [9.17, 15) is 4.79 Å². The van der Waals surface area contributed by atoms with Gasteiger partial charge < -0.3 is 9.30 Å². The van der Waals surface area contributed by atoms with E-state index >= 15 is 0 Å². The molecular formula is C13H23N3O2. The smallest absolute Gasteiger partial charge is 0.422 e. The van der Waals surface area contributed by atoms with E-state index in [-0.39, 0.29) is 0 Å². The van der Waals surface area contributed by atoms with Crippen LogP contribution in [-0.4, -0.2) is 16.3 Å². The number of aryl methyl sites for hydroxylation is 1. The largest absolute Gasteiger partial charge is 0.443 e. The molecule has 0 saturated carbocycles. The van der Waals surface area contributed by atoms with Crippen molar-refractivity contribution in [2.45, 2.75) is 52.8 Å². The molecule has 5 heteroatoms. The molecule has 0 aliphatic heterocycles. The highest BCUT2D eigenvalue weighted by Crippen LogP contribution is 2.06. The molecule has 18 heavy (non-hydrogen) atoms. The molecule has 102 valence electrons. The van der Waals surface area contributed by atoms with Crippen molar-refractivity contribution in [3.63, 3.8) is 0 Å². The number of aromatic nitrogens is 1. The Hall–Kier alpha value is -1.49. The lowest BCUT2D eigenvalue weighted by molar-refractivity contribution is 0.0496. The summed E-state index contributed by atoms with van der Waals surface area (Å²) in [4.78, 5) is 11.4. The van der Waals surface area contributed by atoms with Crippen LogP contribution in [0.2, 0.25) is 0 Å². The lowest BCUT2D eigenvalue weighted by Crippen LogP contribution is -2.41. The normalized spacial score (nSPS) is 11.3. The Morgan fingerprint density at radius 2 is 2.17 bits per heavy atom. The summed E-state index contributed by atoms with van der Waals surface area (Å²) in [6, 6.07) is 4.03. The zero-order chi connectivity index (χ0) is 13.6. The van der Waals surface area contributed by atoms with Crippen molar-refractivity contribution in [2.75, 3.05) is 0 Å². The van der Waals surface area contributed by atoms with Gasteiger partial charge in [0.2, 0.25) is 0 Å². The van der Waals surface area contributed by atoms with Gasteiger partial charge in [0.25, 0.3) is 0 Å². The molecule has 0 aliphatic carbocycles. The zero-order valence-corrected chi connectivity index (χ0v) is 11.6. The molecule has 0 atom stereocenters. The summed E-state index contributed by atoms with van der Waals surface area (Å²) in [6.07, 6.45) is 2.66. The fourth-order valence-corrected chi connectivity index (χ4v) is 1.58. The van der Waals surface area contributed by atoms with Gasteiger partial charge in [-0.1, -0.05) is 6.92 Å². The van der Waals surface area contributed by atoms with Gasteiger partial charge in [0, 0.05) is 18.4 Å². The van der Waals surface area contributed by atoms with Crippen LogP contribution in [0.3, 0.4) is 0 Å². The molecule has 0 spiro atoms. The number of amides is 1. The van der Waals surface area contributed by atoms with Crippen LogP contribution in [0.4, 0.5) is 4.79 Å². The SMILES string of the molecule is CCCn1cccc1CNNC(=O)OC(C)(C)C. The maximum Gasteiger partial charge on any atom is 0.422 e. The van der Waals surface area contributed by atoms with E-state index in [1.807, 2.05) is 39.1 Å². The number of hydrogen-bond donors (Lipinski definition) is 2. The second kappa shape index (κ2) is 6.44. The van der Waals surface area contributed by atoms with Crippen LogP contribution in [0.25, 0.3) is 0 Å². The number of rotatable bonds is 5. The van der Waals surface area contributed by atoms with E-state index in [0.717, 1.165) is 18.7 Å². The minimum absolute atomic E-state index is 0.462. The number of nitrogens with zero attached hydrogens (tertiary/aromatic N) is 1. The van der Waals surface area contributed by atoms with E-state index in [1.54, 1.807) is 0 Å². The molecule has 0 aromatic carbocycles. The van der Waals surface area contributed by atoms with Crippen LogP contribution in [-0.2, 0) is 17.8 Å². The highest BCUT2D eigenvalue weighted by Gasteiger charge is 2.15. The third-order valence-corrected chi connectivity index (χ3v) is 2.25. The van der Waals surface area contributed by atoms with Crippen LogP contribution in [0.15, 0.2) is 18.3 Å². The molecule has 0 saturated heterocycles. The van der Waals surface area contributed by atoms with Gasteiger partial charge in [0.05, 0.1) is 6.54 Å². The van der Waals surface area contributed by atoms with Crippen molar-refractivity contribution >= 4 is 6.09 Å². The Morgan fingerprint density at radius 3 is 2.78 bits per heavy atom. The minimum atomic E-state index is -0.478. The van der Waals surface area contributed by atoms with Crippen LogP contribution in [0, 0.1) is 0 Å². The first-order chi connectivity index (χ1) is 8.42. The number of hydrogen-bond acceptors (Lipinski definition) is 3. The first kappa shape index (κ1) is 14.6. The molecule has 0 radical (unpaired) electrons. The summed E-state index contributed by atoms with van der Waals surface area (Å²) in [5.74, 6) is 0. The number of carbonyl (C=O) groups excluding carboxylic acids is 1. The van der Waals surface area contributed by atoms with Crippen molar-refractivity contribution in [1.82, 2.24) is 15.4 Å². The van der Waals surface area contributed by atoms with Gasteiger partial charge in [0.15, 0.2) is 0 Å². The number of carbonyl (C=O) groups is 1. The summed E-state index contributed by atoms with van der Waals surface area (Å²) in [6.45, 7) is 9.19. The Labute approximate surface area is 108 Å². The lowest BCUT2D eigenvalue weighted by atomic mass is 10.2. The van der Waals surface area contributed by atoms with Gasteiger partial charge in [-0.2, -0.15) is 0 Å². The van der Waals surface area contributed by atoms with E-state index in [2.05, 4.69) is 22.3 Å². The first-order valence-corrected chi connectivity index (χ1v) is 6.28. The van der Waals surface area contributed by atoms with Crippen LogP contribution >= 0.6 is 0 Å². The van der Waals surface area contributed by atoms with Gasteiger partial charge in [-0.3, -0.25) is 5.43 Å². The summed E-state index contributed by atoms with van der Waals surface area (Å²) in [7, 11) is 0. The molecule has 5 nitrogen and oxygen atoms in total. The highest BCUT2D eigenvalue weighted by molar-refractivity contribution is 5.66. The van der Waals surface area contributed by atoms with Gasteiger partial charge in [-0.15, -0.1) is 0 Å². The van der Waals surface area contributed by atoms with Crippen molar-refractivity contribution in [3.8, 4) is 0 Å². The topological polar surface area (TPSA) is 55.3 Å². The van der Waals surface area contributed by atoms with E-state index in [1.165, 1.54) is 0 Å². The molecule has 2 N–H and O–H groups in total. The first-order valence-electron chi connectivity index (χ1n) is 6.28. The molecule has 0 unspecified atom stereocenters. The van der Waals surface area contributed by atoms with Gasteiger partial charge in [-0.05, 0) is 39.3 Å². The highest BCUT2D eigenvalue weighted by atomic mass is 16.6. The number of nitrogens with one attached hydrogen (secondary N) is 2. The van der Waals surface area contributed by atoms with E-state index in [4.69, 9.17) is 4.74 Å². The zero-order valence-electron chi connectivity index (χ0n) is 11.6. The molecule has 1 aromatic heterocycles. The molecule has 1 rings (SSSR count). The lowest BCUT2D eigenvalue weighted by Gasteiger charge is -2.20. The predicted octanol–water partition coefficient (Wildman–Crippen LogP) is 2.43. The van der Waals surface area contributed by atoms with E-state index in [0.29, 0.717) is 6.54 Å². The summed E-state index contributed by atoms with van der Waals surface area (Å²) >= 11 is 0. The monoisotopic (exact) mass is 253 g/mol. The average Bonchev–Trinajstić information content (AvgIpc) is 2.64. The van der Waals surface area contributed by atoms with E-state index < -0.39 is 11.7 Å². The van der Waals surface area contributed by atoms with Crippen LogP contribution in [0.1, 0.15) is 39.8 Å². The van der Waals surface area contributed by atoms with Crippen molar-refractivity contribution in [1.29, 1.82) is 0 Å². The molecular weight excluding hydrogens is 230 g/mol. The van der Waals surface area contributed by atoms with Crippen molar-refractivity contribution < 1.29 is 9.53 Å². The minimum Gasteiger partial charge on any atom is -0.443 e. The average molecular weight is 253 g/mol. The Bertz CT molecular complexity index is 380. The second-order valence-electron chi connectivity index (χ2n) is 5.17. The maximum atomic E-state index is 11.4. The number of hydrazine groups is 1. The Kier molecular flexibility index (Phi) is 5.22. The summed E-state index contributed by atoms with van der Waals surface area (Å²) in [5, 5.41) is 0. The fourth-order valence-electron chi connectivity index (χ4n) is 1.58. The Balaban J connectivity index is 2.33. The molecule has 1 heterocycles. The molecule has 0 fully saturated rings. The maximum absolute atomic E-state index is 11.4. The molecule has 0 aliphatic rings. The van der Waals surface area contributed by atoms with Crippen molar-refractivity contribution in [3.05, 3.63) is 24.0 Å². The molecule has 1 aromatic rings. The third-order valence-electron chi connectivity index (χ3n) is 2.25. The van der Waals surface area contributed by atoms with Crippen LogP contribution < -0.4 is 10.9 Å². The summed E-state index contributed by atoms with van der Waals surface area (Å²) < 4.78 is 7.27. The summed E-state index contributed by atoms with van der Waals surface area (Å²) in [5.41, 5.74) is 6.04. The van der Waals surface area contributed by atoms with Gasteiger partial charge in [0.1, 0.15) is 5.60 Å². The fraction of sp³-hybridized carbons (Fsp3) is 0.615. The second-order valence-corrected chi connectivity index (χ2v) is 5.17. The van der Waals surface area contributed by atoms with Crippen molar-refractivity contribution in [2.24, 2.45) is 0 Å². The quantitative estimate of drug-likeness (QED) is 0.792.